The van der Waals surface area contributed by atoms with E-state index in [1.54, 1.807) is 6.07 Å². The molecule has 0 radical (unpaired) electrons. The van der Waals surface area contributed by atoms with Gasteiger partial charge >= 0.3 is 5.97 Å². The Hall–Kier alpha value is -1.06. The van der Waals surface area contributed by atoms with Crippen LogP contribution in [0.4, 0.5) is 0 Å². The molecule has 1 fully saturated rings. The van der Waals surface area contributed by atoms with Crippen molar-refractivity contribution in [3.05, 3.63) is 34.9 Å². The van der Waals surface area contributed by atoms with E-state index in [9.17, 15) is 4.79 Å². The highest BCUT2D eigenvalue weighted by molar-refractivity contribution is 5.89. The summed E-state index contributed by atoms with van der Waals surface area (Å²) in [5.41, 5.74) is 2.36. The summed E-state index contributed by atoms with van der Waals surface area (Å²) in [6.45, 7) is 2.90. The third kappa shape index (κ3) is 2.54. The highest BCUT2D eigenvalue weighted by Gasteiger charge is 2.21. The van der Waals surface area contributed by atoms with Crippen molar-refractivity contribution >= 4 is 18.4 Å². The second kappa shape index (κ2) is 5.32. The number of aromatic carboxylic acids is 1. The first-order valence-corrected chi connectivity index (χ1v) is 5.25. The topological polar surface area (TPSA) is 49.3 Å². The van der Waals surface area contributed by atoms with Crippen LogP contribution in [0.3, 0.4) is 0 Å². The Bertz CT molecular complexity index is 387. The average Bonchev–Trinajstić information content (AvgIpc) is 2.70. The molecular weight excluding hydrogens is 226 g/mol. The lowest BCUT2D eigenvalue weighted by Gasteiger charge is -2.14. The van der Waals surface area contributed by atoms with Gasteiger partial charge in [0.1, 0.15) is 0 Å². The lowest BCUT2D eigenvalue weighted by molar-refractivity contribution is 0.0695. The Balaban J connectivity index is 0.00000128. The third-order valence-corrected chi connectivity index (χ3v) is 2.87. The minimum atomic E-state index is -0.831. The van der Waals surface area contributed by atoms with Gasteiger partial charge < -0.3 is 10.4 Å². The van der Waals surface area contributed by atoms with E-state index < -0.39 is 5.97 Å². The number of carboxylic acids is 1. The number of rotatable bonds is 2. The molecule has 0 aliphatic carbocycles. The fraction of sp³-hybridized carbons (Fsp3) is 0.417. The number of carbonyl (C=O) groups is 1. The minimum absolute atomic E-state index is 0. The van der Waals surface area contributed by atoms with Gasteiger partial charge in [-0.05, 0) is 37.9 Å². The standard InChI is InChI=1S/C12H15NO2.ClH/c1-8-4-5-9(10(7-8)12(14)15)11-3-2-6-13-11;/h4-5,7,11,13H,2-3,6H2,1H3,(H,14,15);1H/t11-;/m0./s1. The van der Waals surface area contributed by atoms with Gasteiger partial charge in [0.2, 0.25) is 0 Å². The molecule has 0 bridgehead atoms. The SMILES string of the molecule is Cc1ccc([C@@H]2CCCN2)c(C(=O)O)c1.Cl. The molecule has 1 saturated heterocycles. The van der Waals surface area contributed by atoms with E-state index in [1.807, 2.05) is 19.1 Å². The van der Waals surface area contributed by atoms with Crippen LogP contribution < -0.4 is 5.32 Å². The molecule has 1 aromatic rings. The van der Waals surface area contributed by atoms with Gasteiger partial charge in [-0.25, -0.2) is 4.79 Å². The zero-order valence-electron chi connectivity index (χ0n) is 9.19. The van der Waals surface area contributed by atoms with Gasteiger partial charge in [-0.3, -0.25) is 0 Å². The molecule has 88 valence electrons. The molecule has 1 aliphatic rings. The number of benzene rings is 1. The molecule has 1 heterocycles. The quantitative estimate of drug-likeness (QED) is 0.837. The smallest absolute Gasteiger partial charge is 0.336 e. The van der Waals surface area contributed by atoms with Crippen LogP contribution in [0.5, 0.6) is 0 Å². The summed E-state index contributed by atoms with van der Waals surface area (Å²) in [7, 11) is 0. The van der Waals surface area contributed by atoms with Gasteiger partial charge in [0.15, 0.2) is 0 Å². The fourth-order valence-corrected chi connectivity index (χ4v) is 2.11. The van der Waals surface area contributed by atoms with Crippen LogP contribution in [-0.4, -0.2) is 17.6 Å². The molecule has 0 aromatic heterocycles. The van der Waals surface area contributed by atoms with Crippen LogP contribution in [0.15, 0.2) is 18.2 Å². The van der Waals surface area contributed by atoms with E-state index in [0.29, 0.717) is 5.56 Å². The molecule has 3 nitrogen and oxygen atoms in total. The number of carboxylic acid groups (broad SMARTS) is 1. The van der Waals surface area contributed by atoms with Gasteiger partial charge in [-0.2, -0.15) is 0 Å². The maximum atomic E-state index is 11.1. The zero-order valence-corrected chi connectivity index (χ0v) is 10.0. The molecule has 1 aromatic carbocycles. The van der Waals surface area contributed by atoms with Crippen LogP contribution >= 0.6 is 12.4 Å². The lowest BCUT2D eigenvalue weighted by atomic mass is 9.97. The van der Waals surface area contributed by atoms with E-state index in [2.05, 4.69) is 5.32 Å². The predicted octanol–water partition coefficient (Wildman–Crippen LogP) is 2.54. The largest absolute Gasteiger partial charge is 0.478 e. The second-order valence-electron chi connectivity index (χ2n) is 4.04. The number of halogens is 1. The van der Waals surface area contributed by atoms with Crippen LogP contribution in [0.2, 0.25) is 0 Å². The summed E-state index contributed by atoms with van der Waals surface area (Å²) in [5.74, 6) is -0.831. The van der Waals surface area contributed by atoms with Crippen LogP contribution in [0.25, 0.3) is 0 Å². The molecule has 16 heavy (non-hydrogen) atoms. The molecule has 2 N–H and O–H groups in total. The molecule has 0 unspecified atom stereocenters. The highest BCUT2D eigenvalue weighted by Crippen LogP contribution is 2.26. The van der Waals surface area contributed by atoms with Crippen molar-refractivity contribution in [3.63, 3.8) is 0 Å². The van der Waals surface area contributed by atoms with Gasteiger partial charge in [0.05, 0.1) is 5.56 Å². The van der Waals surface area contributed by atoms with Crippen molar-refractivity contribution in [2.45, 2.75) is 25.8 Å². The highest BCUT2D eigenvalue weighted by atomic mass is 35.5. The lowest BCUT2D eigenvalue weighted by Crippen LogP contribution is -2.16. The number of aryl methyl sites for hydroxylation is 1. The molecule has 0 saturated carbocycles. The maximum absolute atomic E-state index is 11.1. The summed E-state index contributed by atoms with van der Waals surface area (Å²) < 4.78 is 0. The van der Waals surface area contributed by atoms with Crippen molar-refractivity contribution in [2.75, 3.05) is 6.54 Å². The predicted molar refractivity (Wildman–Crippen MR) is 65.4 cm³/mol. The van der Waals surface area contributed by atoms with Gasteiger partial charge in [-0.1, -0.05) is 17.7 Å². The minimum Gasteiger partial charge on any atom is -0.478 e. The summed E-state index contributed by atoms with van der Waals surface area (Å²) in [5, 5.41) is 12.4. The monoisotopic (exact) mass is 241 g/mol. The molecule has 1 aliphatic heterocycles. The number of nitrogens with one attached hydrogen (secondary N) is 1. The van der Waals surface area contributed by atoms with Crippen molar-refractivity contribution < 1.29 is 9.90 Å². The van der Waals surface area contributed by atoms with E-state index in [-0.39, 0.29) is 18.4 Å². The van der Waals surface area contributed by atoms with E-state index in [1.165, 1.54) is 0 Å². The summed E-state index contributed by atoms with van der Waals surface area (Å²) in [6.07, 6.45) is 2.15. The second-order valence-corrected chi connectivity index (χ2v) is 4.04. The first kappa shape index (κ1) is 13.0. The average molecular weight is 242 g/mol. The van der Waals surface area contributed by atoms with Crippen LogP contribution in [0.1, 0.15) is 40.4 Å². The molecule has 0 spiro atoms. The van der Waals surface area contributed by atoms with Crippen molar-refractivity contribution in [1.29, 1.82) is 0 Å². The first-order chi connectivity index (χ1) is 7.18. The molecule has 0 amide bonds. The van der Waals surface area contributed by atoms with E-state index >= 15 is 0 Å². The molecular formula is C12H16ClNO2. The number of hydrogen-bond donors (Lipinski definition) is 2. The van der Waals surface area contributed by atoms with Gasteiger partial charge in [-0.15, -0.1) is 12.4 Å². The Kier molecular flexibility index (Phi) is 4.33. The Morgan fingerprint density at radius 2 is 2.25 bits per heavy atom. The van der Waals surface area contributed by atoms with E-state index in [0.717, 1.165) is 30.5 Å². The maximum Gasteiger partial charge on any atom is 0.336 e. The molecule has 4 heteroatoms. The van der Waals surface area contributed by atoms with Crippen LogP contribution in [-0.2, 0) is 0 Å². The van der Waals surface area contributed by atoms with Gasteiger partial charge in [0, 0.05) is 6.04 Å². The molecule has 2 rings (SSSR count). The fourth-order valence-electron chi connectivity index (χ4n) is 2.11. The zero-order chi connectivity index (χ0) is 10.8. The van der Waals surface area contributed by atoms with Crippen molar-refractivity contribution in [3.8, 4) is 0 Å². The molecule has 1 atom stereocenters. The Morgan fingerprint density at radius 1 is 1.50 bits per heavy atom. The summed E-state index contributed by atoms with van der Waals surface area (Å²) >= 11 is 0. The Morgan fingerprint density at radius 3 is 2.81 bits per heavy atom. The van der Waals surface area contributed by atoms with Gasteiger partial charge in [0.25, 0.3) is 0 Å². The normalized spacial score (nSPS) is 19.2. The van der Waals surface area contributed by atoms with E-state index in [4.69, 9.17) is 5.11 Å². The third-order valence-electron chi connectivity index (χ3n) is 2.87. The van der Waals surface area contributed by atoms with Crippen molar-refractivity contribution in [2.24, 2.45) is 0 Å². The Labute approximate surface area is 101 Å². The first-order valence-electron chi connectivity index (χ1n) is 5.25. The van der Waals surface area contributed by atoms with Crippen molar-refractivity contribution in [1.82, 2.24) is 5.32 Å². The van der Waals surface area contributed by atoms with Crippen LogP contribution in [0, 0.1) is 6.92 Å². The summed E-state index contributed by atoms with van der Waals surface area (Å²) in [6, 6.07) is 5.87. The summed E-state index contributed by atoms with van der Waals surface area (Å²) in [4.78, 5) is 11.1. The number of hydrogen-bond acceptors (Lipinski definition) is 2.